The van der Waals surface area contributed by atoms with Crippen LogP contribution < -0.4 is 4.90 Å². The van der Waals surface area contributed by atoms with E-state index in [0.29, 0.717) is 12.0 Å². The molecule has 0 amide bonds. The summed E-state index contributed by atoms with van der Waals surface area (Å²) in [6.45, 7) is 6.65. The zero-order chi connectivity index (χ0) is 12.1. The first kappa shape index (κ1) is 12.6. The smallest absolute Gasteiger partial charge is 0.101 e. The van der Waals surface area contributed by atoms with Crippen LogP contribution in [-0.4, -0.2) is 13.1 Å². The molecular formula is C14H20N2. The van der Waals surface area contributed by atoms with Gasteiger partial charge in [0.05, 0.1) is 11.3 Å². The van der Waals surface area contributed by atoms with E-state index in [4.69, 9.17) is 5.26 Å². The molecule has 0 heterocycles. The molecule has 0 radical (unpaired) electrons. The maximum absolute atomic E-state index is 9.05. The highest BCUT2D eigenvalue weighted by molar-refractivity contribution is 5.59. The lowest BCUT2D eigenvalue weighted by Gasteiger charge is -2.29. The monoisotopic (exact) mass is 216 g/mol. The van der Waals surface area contributed by atoms with Gasteiger partial charge in [0.15, 0.2) is 0 Å². The molecule has 0 aromatic heterocycles. The summed E-state index contributed by atoms with van der Waals surface area (Å²) < 4.78 is 0. The second-order valence-corrected chi connectivity index (χ2v) is 4.72. The summed E-state index contributed by atoms with van der Waals surface area (Å²) in [5.41, 5.74) is 1.78. The standard InChI is InChI=1S/C14H20N2/c1-11(2)9-12(3)16(4)14-8-6-5-7-13(14)10-15/h5-8,11-12H,9H2,1-4H3. The lowest BCUT2D eigenvalue weighted by molar-refractivity contribution is 0.504. The first-order chi connectivity index (χ1) is 7.56. The van der Waals surface area contributed by atoms with Crippen molar-refractivity contribution in [3.63, 3.8) is 0 Å². The van der Waals surface area contributed by atoms with Gasteiger partial charge in [0, 0.05) is 13.1 Å². The van der Waals surface area contributed by atoms with Gasteiger partial charge in [-0.3, -0.25) is 0 Å². The Balaban J connectivity index is 2.88. The highest BCUT2D eigenvalue weighted by atomic mass is 15.1. The Kier molecular flexibility index (Phi) is 4.37. The molecular weight excluding hydrogens is 196 g/mol. The molecule has 16 heavy (non-hydrogen) atoms. The Hall–Kier alpha value is -1.49. The van der Waals surface area contributed by atoms with Crippen molar-refractivity contribution in [2.45, 2.75) is 33.2 Å². The highest BCUT2D eigenvalue weighted by Gasteiger charge is 2.14. The quantitative estimate of drug-likeness (QED) is 0.771. The van der Waals surface area contributed by atoms with E-state index >= 15 is 0 Å². The summed E-state index contributed by atoms with van der Waals surface area (Å²) >= 11 is 0. The van der Waals surface area contributed by atoms with Crippen LogP contribution in [0, 0.1) is 17.2 Å². The molecule has 0 saturated heterocycles. The Morgan fingerprint density at radius 1 is 1.25 bits per heavy atom. The number of hydrogen-bond acceptors (Lipinski definition) is 2. The Morgan fingerprint density at radius 3 is 2.44 bits per heavy atom. The average molecular weight is 216 g/mol. The number of rotatable bonds is 4. The number of hydrogen-bond donors (Lipinski definition) is 0. The molecule has 0 aliphatic carbocycles. The SMILES string of the molecule is CC(C)CC(C)N(C)c1ccccc1C#N. The fraction of sp³-hybridized carbons (Fsp3) is 0.500. The fourth-order valence-corrected chi connectivity index (χ4v) is 1.95. The van der Waals surface area contributed by atoms with Crippen molar-refractivity contribution < 1.29 is 0 Å². The van der Waals surface area contributed by atoms with Crippen LogP contribution in [0.3, 0.4) is 0 Å². The maximum Gasteiger partial charge on any atom is 0.101 e. The first-order valence-corrected chi connectivity index (χ1v) is 5.78. The summed E-state index contributed by atoms with van der Waals surface area (Å²) in [6.07, 6.45) is 1.14. The fourth-order valence-electron chi connectivity index (χ4n) is 1.95. The van der Waals surface area contributed by atoms with Crippen LogP contribution in [0.25, 0.3) is 0 Å². The van der Waals surface area contributed by atoms with Crippen LogP contribution in [-0.2, 0) is 0 Å². The first-order valence-electron chi connectivity index (χ1n) is 5.78. The Morgan fingerprint density at radius 2 is 1.88 bits per heavy atom. The number of nitrogens with zero attached hydrogens (tertiary/aromatic N) is 2. The van der Waals surface area contributed by atoms with E-state index in [9.17, 15) is 0 Å². The highest BCUT2D eigenvalue weighted by Crippen LogP contribution is 2.22. The molecule has 1 atom stereocenters. The van der Waals surface area contributed by atoms with E-state index < -0.39 is 0 Å². The van der Waals surface area contributed by atoms with Gasteiger partial charge in [0.2, 0.25) is 0 Å². The topological polar surface area (TPSA) is 27.0 Å². The van der Waals surface area contributed by atoms with Gasteiger partial charge in [-0.05, 0) is 31.4 Å². The molecule has 0 bridgehead atoms. The summed E-state index contributed by atoms with van der Waals surface area (Å²) in [6, 6.07) is 10.5. The lowest BCUT2D eigenvalue weighted by Crippen LogP contribution is -2.30. The molecule has 1 unspecified atom stereocenters. The second kappa shape index (κ2) is 5.55. The third-order valence-electron chi connectivity index (χ3n) is 2.88. The zero-order valence-electron chi connectivity index (χ0n) is 10.6. The normalized spacial score (nSPS) is 12.2. The summed E-state index contributed by atoms with van der Waals surface area (Å²) in [5.74, 6) is 0.673. The van der Waals surface area contributed by atoms with Crippen LogP contribution in [0.5, 0.6) is 0 Å². The predicted octanol–water partition coefficient (Wildman–Crippen LogP) is 3.43. The largest absolute Gasteiger partial charge is 0.371 e. The third-order valence-corrected chi connectivity index (χ3v) is 2.88. The minimum absolute atomic E-state index is 0.453. The average Bonchev–Trinajstić information content (AvgIpc) is 2.27. The van der Waals surface area contributed by atoms with Crippen LogP contribution in [0.15, 0.2) is 24.3 Å². The summed E-state index contributed by atoms with van der Waals surface area (Å²) in [5, 5.41) is 9.05. The van der Waals surface area contributed by atoms with E-state index in [1.54, 1.807) is 0 Å². The molecule has 0 N–H and O–H groups in total. The minimum atomic E-state index is 0.453. The maximum atomic E-state index is 9.05. The number of para-hydroxylation sites is 1. The van der Waals surface area contributed by atoms with Gasteiger partial charge in [0.25, 0.3) is 0 Å². The van der Waals surface area contributed by atoms with Crippen molar-refractivity contribution in [2.75, 3.05) is 11.9 Å². The number of anilines is 1. The van der Waals surface area contributed by atoms with Crippen LogP contribution >= 0.6 is 0 Å². The van der Waals surface area contributed by atoms with Gasteiger partial charge in [-0.2, -0.15) is 5.26 Å². The Labute approximate surface area is 98.5 Å². The molecule has 0 fully saturated rings. The molecule has 1 rings (SSSR count). The van der Waals surface area contributed by atoms with Gasteiger partial charge in [-0.1, -0.05) is 26.0 Å². The van der Waals surface area contributed by atoms with E-state index in [2.05, 4.69) is 38.8 Å². The lowest BCUT2D eigenvalue weighted by atomic mass is 10.0. The van der Waals surface area contributed by atoms with E-state index in [-0.39, 0.29) is 0 Å². The third kappa shape index (κ3) is 3.00. The van der Waals surface area contributed by atoms with E-state index in [1.165, 1.54) is 0 Å². The van der Waals surface area contributed by atoms with Gasteiger partial charge in [-0.25, -0.2) is 0 Å². The van der Waals surface area contributed by atoms with Gasteiger partial charge < -0.3 is 4.90 Å². The van der Waals surface area contributed by atoms with E-state index in [0.717, 1.165) is 17.7 Å². The van der Waals surface area contributed by atoms with Gasteiger partial charge in [-0.15, -0.1) is 0 Å². The Bertz CT molecular complexity index is 377. The van der Waals surface area contributed by atoms with Gasteiger partial charge >= 0.3 is 0 Å². The van der Waals surface area contributed by atoms with Crippen molar-refractivity contribution in [2.24, 2.45) is 5.92 Å². The number of benzene rings is 1. The van der Waals surface area contributed by atoms with Crippen molar-refractivity contribution in [3.8, 4) is 6.07 Å². The summed E-state index contributed by atoms with van der Waals surface area (Å²) in [4.78, 5) is 2.19. The van der Waals surface area contributed by atoms with Crippen molar-refractivity contribution >= 4 is 5.69 Å². The molecule has 0 saturated carbocycles. The molecule has 86 valence electrons. The van der Waals surface area contributed by atoms with Crippen molar-refractivity contribution in [3.05, 3.63) is 29.8 Å². The van der Waals surface area contributed by atoms with Crippen LogP contribution in [0.1, 0.15) is 32.8 Å². The molecule has 1 aromatic rings. The van der Waals surface area contributed by atoms with Crippen LogP contribution in [0.4, 0.5) is 5.69 Å². The van der Waals surface area contributed by atoms with E-state index in [1.807, 2.05) is 24.3 Å². The molecule has 0 aliphatic rings. The molecule has 0 spiro atoms. The molecule has 0 aliphatic heterocycles. The van der Waals surface area contributed by atoms with Crippen LogP contribution in [0.2, 0.25) is 0 Å². The molecule has 2 heteroatoms. The van der Waals surface area contributed by atoms with Gasteiger partial charge in [0.1, 0.15) is 6.07 Å². The molecule has 2 nitrogen and oxygen atoms in total. The zero-order valence-corrected chi connectivity index (χ0v) is 10.6. The minimum Gasteiger partial charge on any atom is -0.371 e. The molecule has 1 aromatic carbocycles. The second-order valence-electron chi connectivity index (χ2n) is 4.72. The van der Waals surface area contributed by atoms with Crippen molar-refractivity contribution in [1.82, 2.24) is 0 Å². The predicted molar refractivity (Wildman–Crippen MR) is 68.5 cm³/mol. The number of nitriles is 1. The van der Waals surface area contributed by atoms with Crippen molar-refractivity contribution in [1.29, 1.82) is 5.26 Å². The summed E-state index contributed by atoms with van der Waals surface area (Å²) in [7, 11) is 2.06.